The number of rotatable bonds is 4. The molecule has 96 valence electrons. The Kier molecular flexibility index (Phi) is 4.30. The number of anilines is 2. The van der Waals surface area contributed by atoms with E-state index in [4.69, 9.17) is 5.73 Å². The van der Waals surface area contributed by atoms with Crippen molar-refractivity contribution < 1.29 is 0 Å². The van der Waals surface area contributed by atoms with E-state index in [0.29, 0.717) is 6.04 Å². The standard InChI is InChI=1S/C14H17BrN2S/c1-3-12(14-5-4-6-18-14)17-13-7-9(2)11(16)8-10(13)15/h4-8,12,17H,3,16H2,1-2H3. The Hall–Kier alpha value is -1.00. The van der Waals surface area contributed by atoms with Crippen LogP contribution in [0.4, 0.5) is 11.4 Å². The Morgan fingerprint density at radius 2 is 2.22 bits per heavy atom. The van der Waals surface area contributed by atoms with Gasteiger partial charge in [-0.15, -0.1) is 11.3 Å². The van der Waals surface area contributed by atoms with E-state index in [0.717, 1.165) is 27.8 Å². The van der Waals surface area contributed by atoms with Crippen LogP contribution in [0.5, 0.6) is 0 Å². The molecule has 0 spiro atoms. The van der Waals surface area contributed by atoms with Crippen molar-refractivity contribution in [3.63, 3.8) is 0 Å². The molecule has 1 aromatic carbocycles. The zero-order valence-electron chi connectivity index (χ0n) is 10.5. The van der Waals surface area contributed by atoms with Gasteiger partial charge in [0.2, 0.25) is 0 Å². The maximum absolute atomic E-state index is 5.89. The van der Waals surface area contributed by atoms with Crippen LogP contribution in [0.2, 0.25) is 0 Å². The van der Waals surface area contributed by atoms with E-state index in [1.165, 1.54) is 4.88 Å². The zero-order chi connectivity index (χ0) is 13.1. The first-order chi connectivity index (χ1) is 8.61. The van der Waals surface area contributed by atoms with E-state index in [2.05, 4.69) is 51.7 Å². The summed E-state index contributed by atoms with van der Waals surface area (Å²) in [6.07, 6.45) is 1.05. The lowest BCUT2D eigenvalue weighted by Crippen LogP contribution is -2.09. The van der Waals surface area contributed by atoms with Gasteiger partial charge in [-0.1, -0.05) is 13.0 Å². The Bertz CT molecular complexity index is 523. The lowest BCUT2D eigenvalue weighted by molar-refractivity contribution is 0.763. The average Bonchev–Trinajstić information content (AvgIpc) is 2.85. The normalized spacial score (nSPS) is 12.4. The zero-order valence-corrected chi connectivity index (χ0v) is 12.9. The van der Waals surface area contributed by atoms with Crippen molar-refractivity contribution in [3.05, 3.63) is 44.6 Å². The van der Waals surface area contributed by atoms with Crippen LogP contribution in [-0.4, -0.2) is 0 Å². The number of nitrogen functional groups attached to an aromatic ring is 1. The summed E-state index contributed by atoms with van der Waals surface area (Å²) in [4.78, 5) is 1.36. The number of hydrogen-bond acceptors (Lipinski definition) is 3. The molecular formula is C14H17BrN2S. The van der Waals surface area contributed by atoms with Gasteiger partial charge in [0.05, 0.1) is 6.04 Å². The second-order valence-corrected chi connectivity index (χ2v) is 6.14. The fourth-order valence-electron chi connectivity index (χ4n) is 1.86. The van der Waals surface area contributed by atoms with Gasteiger partial charge >= 0.3 is 0 Å². The molecule has 0 aliphatic carbocycles. The highest BCUT2D eigenvalue weighted by Crippen LogP contribution is 2.32. The number of thiophene rings is 1. The third kappa shape index (κ3) is 2.87. The first kappa shape index (κ1) is 13.4. The molecule has 0 amide bonds. The van der Waals surface area contributed by atoms with Crippen LogP contribution in [0.3, 0.4) is 0 Å². The predicted molar refractivity (Wildman–Crippen MR) is 84.3 cm³/mol. The van der Waals surface area contributed by atoms with Crippen molar-refractivity contribution in [2.75, 3.05) is 11.1 Å². The third-order valence-corrected chi connectivity index (χ3v) is 4.62. The summed E-state index contributed by atoms with van der Waals surface area (Å²) in [6.45, 7) is 4.22. The van der Waals surface area contributed by atoms with E-state index < -0.39 is 0 Å². The molecule has 3 N–H and O–H groups in total. The van der Waals surface area contributed by atoms with Gasteiger partial charge in [-0.2, -0.15) is 0 Å². The largest absolute Gasteiger partial charge is 0.398 e. The fourth-order valence-corrected chi connectivity index (χ4v) is 3.20. The lowest BCUT2D eigenvalue weighted by Gasteiger charge is -2.19. The molecule has 1 unspecified atom stereocenters. The van der Waals surface area contributed by atoms with Gasteiger partial charge in [0.25, 0.3) is 0 Å². The molecule has 2 rings (SSSR count). The molecule has 0 aliphatic rings. The summed E-state index contributed by atoms with van der Waals surface area (Å²) in [5.74, 6) is 0. The number of nitrogens with one attached hydrogen (secondary N) is 1. The quantitative estimate of drug-likeness (QED) is 0.779. The smallest absolute Gasteiger partial charge is 0.0604 e. The first-order valence-electron chi connectivity index (χ1n) is 5.97. The molecule has 1 atom stereocenters. The summed E-state index contributed by atoms with van der Waals surface area (Å²) in [6, 6.07) is 8.66. The summed E-state index contributed by atoms with van der Waals surface area (Å²) in [7, 11) is 0. The molecule has 2 nitrogen and oxygen atoms in total. The van der Waals surface area contributed by atoms with Crippen LogP contribution in [0.1, 0.15) is 29.8 Å². The number of aryl methyl sites for hydroxylation is 1. The highest BCUT2D eigenvalue weighted by molar-refractivity contribution is 9.10. The lowest BCUT2D eigenvalue weighted by atomic mass is 10.1. The van der Waals surface area contributed by atoms with E-state index in [1.54, 1.807) is 11.3 Å². The van der Waals surface area contributed by atoms with Crippen molar-refractivity contribution in [3.8, 4) is 0 Å². The van der Waals surface area contributed by atoms with Gasteiger partial charge in [-0.05, 0) is 58.4 Å². The van der Waals surface area contributed by atoms with Crippen molar-refractivity contribution in [1.29, 1.82) is 0 Å². The van der Waals surface area contributed by atoms with Crippen molar-refractivity contribution in [2.45, 2.75) is 26.3 Å². The molecule has 0 saturated heterocycles. The molecule has 18 heavy (non-hydrogen) atoms. The van der Waals surface area contributed by atoms with Gasteiger partial charge in [-0.3, -0.25) is 0 Å². The Labute approximate surface area is 120 Å². The predicted octanol–water partition coefficient (Wildman–Crippen LogP) is 4.96. The van der Waals surface area contributed by atoms with Crippen LogP contribution in [0, 0.1) is 6.92 Å². The number of benzene rings is 1. The minimum atomic E-state index is 0.351. The molecule has 0 bridgehead atoms. The Morgan fingerprint density at radius 3 is 2.83 bits per heavy atom. The SMILES string of the molecule is CCC(Nc1cc(C)c(N)cc1Br)c1cccs1. The summed E-state index contributed by atoms with van der Waals surface area (Å²) < 4.78 is 1.01. The number of halogens is 1. The topological polar surface area (TPSA) is 38.0 Å². The van der Waals surface area contributed by atoms with Crippen LogP contribution in [0.15, 0.2) is 34.1 Å². The molecule has 1 heterocycles. The fraction of sp³-hybridized carbons (Fsp3) is 0.286. The van der Waals surface area contributed by atoms with Gasteiger partial charge in [-0.25, -0.2) is 0 Å². The number of hydrogen-bond donors (Lipinski definition) is 2. The maximum atomic E-state index is 5.89. The highest BCUT2D eigenvalue weighted by atomic mass is 79.9. The summed E-state index contributed by atoms with van der Waals surface area (Å²) in [5.41, 5.74) is 8.91. The van der Waals surface area contributed by atoms with E-state index in [-0.39, 0.29) is 0 Å². The van der Waals surface area contributed by atoms with E-state index in [1.807, 2.05) is 13.0 Å². The molecule has 0 aliphatic heterocycles. The minimum Gasteiger partial charge on any atom is -0.398 e. The first-order valence-corrected chi connectivity index (χ1v) is 7.64. The van der Waals surface area contributed by atoms with Gasteiger partial charge in [0.1, 0.15) is 0 Å². The molecule has 2 aromatic rings. The van der Waals surface area contributed by atoms with Gasteiger partial charge in [0.15, 0.2) is 0 Å². The van der Waals surface area contributed by atoms with E-state index >= 15 is 0 Å². The van der Waals surface area contributed by atoms with Crippen molar-refractivity contribution >= 4 is 38.6 Å². The maximum Gasteiger partial charge on any atom is 0.0604 e. The monoisotopic (exact) mass is 324 g/mol. The molecule has 4 heteroatoms. The second kappa shape index (κ2) is 5.76. The van der Waals surface area contributed by atoms with Crippen molar-refractivity contribution in [1.82, 2.24) is 0 Å². The van der Waals surface area contributed by atoms with E-state index in [9.17, 15) is 0 Å². The van der Waals surface area contributed by atoms with Crippen LogP contribution >= 0.6 is 27.3 Å². The Morgan fingerprint density at radius 1 is 1.44 bits per heavy atom. The van der Waals surface area contributed by atoms with Crippen molar-refractivity contribution in [2.24, 2.45) is 0 Å². The molecule has 0 saturated carbocycles. The molecule has 0 fully saturated rings. The number of nitrogens with two attached hydrogens (primary N) is 1. The van der Waals surface area contributed by atoms with Crippen LogP contribution in [0.25, 0.3) is 0 Å². The second-order valence-electron chi connectivity index (χ2n) is 4.31. The highest BCUT2D eigenvalue weighted by Gasteiger charge is 2.12. The van der Waals surface area contributed by atoms with Gasteiger partial charge < -0.3 is 11.1 Å². The van der Waals surface area contributed by atoms with Gasteiger partial charge in [0, 0.05) is 20.7 Å². The van der Waals surface area contributed by atoms with Crippen LogP contribution in [-0.2, 0) is 0 Å². The van der Waals surface area contributed by atoms with Crippen LogP contribution < -0.4 is 11.1 Å². The summed E-state index contributed by atoms with van der Waals surface area (Å²) in [5, 5.41) is 5.69. The average molecular weight is 325 g/mol. The molecule has 1 aromatic heterocycles. The third-order valence-electron chi connectivity index (χ3n) is 2.98. The molecule has 0 radical (unpaired) electrons. The molecular weight excluding hydrogens is 308 g/mol. The Balaban J connectivity index is 2.25. The summed E-state index contributed by atoms with van der Waals surface area (Å²) >= 11 is 5.35. The minimum absolute atomic E-state index is 0.351.